The van der Waals surface area contributed by atoms with Crippen LogP contribution in [0.3, 0.4) is 0 Å². The molecule has 0 aliphatic carbocycles. The first-order valence-electron chi connectivity index (χ1n) is 9.79. The van der Waals surface area contributed by atoms with Gasteiger partial charge in [-0.15, -0.1) is 0 Å². The molecule has 4 rings (SSSR count). The zero-order valence-electron chi connectivity index (χ0n) is 15.9. The molecule has 7 heteroatoms. The molecule has 1 unspecified atom stereocenters. The van der Waals surface area contributed by atoms with Gasteiger partial charge < -0.3 is 15.0 Å². The number of hydrogen-bond donors (Lipinski definition) is 1. The normalized spacial score (nSPS) is 19.2. The second-order valence-electron chi connectivity index (χ2n) is 7.45. The van der Waals surface area contributed by atoms with Gasteiger partial charge in [-0.05, 0) is 55.3 Å². The summed E-state index contributed by atoms with van der Waals surface area (Å²) in [4.78, 5) is 27.1. The molecule has 2 aliphatic rings. The van der Waals surface area contributed by atoms with Gasteiger partial charge in [0, 0.05) is 41.0 Å². The van der Waals surface area contributed by atoms with Crippen LogP contribution in [0, 0.1) is 11.7 Å². The van der Waals surface area contributed by atoms with E-state index in [1.165, 1.54) is 24.3 Å². The molecule has 2 heterocycles. The van der Waals surface area contributed by atoms with Crippen molar-refractivity contribution < 1.29 is 18.7 Å². The highest BCUT2D eigenvalue weighted by molar-refractivity contribution is 9.10. The van der Waals surface area contributed by atoms with E-state index >= 15 is 0 Å². The fraction of sp³-hybridized carbons (Fsp3) is 0.364. The van der Waals surface area contributed by atoms with Crippen LogP contribution >= 0.6 is 15.9 Å². The van der Waals surface area contributed by atoms with Crippen LogP contribution in [-0.4, -0.2) is 36.4 Å². The van der Waals surface area contributed by atoms with E-state index in [-0.39, 0.29) is 29.6 Å². The summed E-state index contributed by atoms with van der Waals surface area (Å²) in [5, 5.41) is 3.17. The van der Waals surface area contributed by atoms with Gasteiger partial charge >= 0.3 is 0 Å². The number of ether oxygens (including phenoxy) is 1. The Hall–Kier alpha value is -2.41. The lowest BCUT2D eigenvalue weighted by atomic mass is 9.93. The molecular formula is C22H22BrFN2O3. The molecule has 2 aliphatic heterocycles. The Kier molecular flexibility index (Phi) is 5.85. The van der Waals surface area contributed by atoms with E-state index in [0.717, 1.165) is 22.2 Å². The van der Waals surface area contributed by atoms with E-state index in [0.29, 0.717) is 38.1 Å². The van der Waals surface area contributed by atoms with Crippen LogP contribution in [0.2, 0.25) is 0 Å². The van der Waals surface area contributed by atoms with Crippen LogP contribution in [0.4, 0.5) is 4.39 Å². The SMILES string of the molecule is O=C(NC1CCOc2ccc(Br)cc21)C1CCN(C(=O)c2ccc(F)cc2)CC1. The van der Waals surface area contributed by atoms with E-state index in [1.807, 2.05) is 18.2 Å². The van der Waals surface area contributed by atoms with Gasteiger partial charge in [-0.2, -0.15) is 0 Å². The third-order valence-electron chi connectivity index (χ3n) is 5.57. The summed E-state index contributed by atoms with van der Waals surface area (Å²) in [6.45, 7) is 1.61. The Labute approximate surface area is 177 Å². The van der Waals surface area contributed by atoms with Crippen LogP contribution in [0.1, 0.15) is 41.2 Å². The highest BCUT2D eigenvalue weighted by atomic mass is 79.9. The Morgan fingerprint density at radius 2 is 1.79 bits per heavy atom. The van der Waals surface area contributed by atoms with Crippen molar-refractivity contribution in [2.75, 3.05) is 19.7 Å². The van der Waals surface area contributed by atoms with Gasteiger partial charge in [-0.3, -0.25) is 9.59 Å². The molecule has 0 saturated carbocycles. The quantitative estimate of drug-likeness (QED) is 0.750. The number of halogens is 2. The van der Waals surface area contributed by atoms with Crippen LogP contribution in [-0.2, 0) is 4.79 Å². The number of benzene rings is 2. The average Bonchev–Trinajstić information content (AvgIpc) is 2.74. The van der Waals surface area contributed by atoms with Crippen molar-refractivity contribution in [1.29, 1.82) is 0 Å². The largest absolute Gasteiger partial charge is 0.493 e. The van der Waals surface area contributed by atoms with Gasteiger partial charge in [0.15, 0.2) is 0 Å². The first-order valence-corrected chi connectivity index (χ1v) is 10.6. The van der Waals surface area contributed by atoms with Crippen LogP contribution in [0.25, 0.3) is 0 Å². The summed E-state index contributed by atoms with van der Waals surface area (Å²) >= 11 is 3.48. The Balaban J connectivity index is 1.35. The van der Waals surface area contributed by atoms with Crippen LogP contribution in [0.5, 0.6) is 5.75 Å². The molecule has 1 fully saturated rings. The molecule has 2 amide bonds. The van der Waals surface area contributed by atoms with Crippen molar-refractivity contribution in [3.8, 4) is 5.75 Å². The third kappa shape index (κ3) is 4.45. The number of carbonyl (C=O) groups is 2. The number of nitrogens with one attached hydrogen (secondary N) is 1. The predicted octanol–water partition coefficient (Wildman–Crippen LogP) is 4.08. The number of piperidine rings is 1. The fourth-order valence-electron chi connectivity index (χ4n) is 3.92. The maximum Gasteiger partial charge on any atom is 0.253 e. The number of rotatable bonds is 3. The first kappa shape index (κ1) is 19.9. The minimum absolute atomic E-state index is 0.0247. The molecule has 0 spiro atoms. The molecule has 1 atom stereocenters. The van der Waals surface area contributed by atoms with Gasteiger partial charge in [0.25, 0.3) is 5.91 Å². The van der Waals surface area contributed by atoms with Gasteiger partial charge in [-0.1, -0.05) is 15.9 Å². The van der Waals surface area contributed by atoms with Crippen LogP contribution in [0.15, 0.2) is 46.9 Å². The Morgan fingerprint density at radius 1 is 1.07 bits per heavy atom. The van der Waals surface area contributed by atoms with E-state index in [1.54, 1.807) is 4.90 Å². The molecule has 2 aromatic rings. The molecule has 0 aromatic heterocycles. The second-order valence-corrected chi connectivity index (χ2v) is 8.37. The van der Waals surface area contributed by atoms with Crippen molar-refractivity contribution >= 4 is 27.7 Å². The third-order valence-corrected chi connectivity index (χ3v) is 6.07. The van der Waals surface area contributed by atoms with Crippen molar-refractivity contribution in [2.24, 2.45) is 5.92 Å². The highest BCUT2D eigenvalue weighted by Gasteiger charge is 2.30. The molecule has 2 aromatic carbocycles. The second kappa shape index (κ2) is 8.53. The first-order chi connectivity index (χ1) is 14.0. The zero-order chi connectivity index (χ0) is 20.4. The summed E-state index contributed by atoms with van der Waals surface area (Å²) in [7, 11) is 0. The maximum atomic E-state index is 13.1. The van der Waals surface area contributed by atoms with Crippen molar-refractivity contribution in [3.63, 3.8) is 0 Å². The molecule has 1 saturated heterocycles. The molecule has 0 radical (unpaired) electrons. The standard InChI is InChI=1S/C22H22BrFN2O3/c23-16-3-6-20-18(13-16)19(9-12-29-20)25-21(27)14-7-10-26(11-8-14)22(28)15-1-4-17(24)5-2-15/h1-6,13-14,19H,7-12H2,(H,25,27). The van der Waals surface area contributed by atoms with E-state index in [9.17, 15) is 14.0 Å². The van der Waals surface area contributed by atoms with Gasteiger partial charge in [0.05, 0.1) is 12.6 Å². The van der Waals surface area contributed by atoms with Crippen molar-refractivity contribution in [1.82, 2.24) is 10.2 Å². The number of carbonyl (C=O) groups excluding carboxylic acids is 2. The number of fused-ring (bicyclic) bond motifs is 1. The van der Waals surface area contributed by atoms with Gasteiger partial charge in [0.1, 0.15) is 11.6 Å². The summed E-state index contributed by atoms with van der Waals surface area (Å²) in [5.74, 6) is 0.234. The van der Waals surface area contributed by atoms with Gasteiger partial charge in [0.2, 0.25) is 5.91 Å². The Bertz CT molecular complexity index is 911. The summed E-state index contributed by atoms with van der Waals surface area (Å²) < 4.78 is 19.7. The molecule has 5 nitrogen and oxygen atoms in total. The lowest BCUT2D eigenvalue weighted by molar-refractivity contribution is -0.127. The average molecular weight is 461 g/mol. The lowest BCUT2D eigenvalue weighted by Crippen LogP contribution is -2.44. The number of nitrogens with zero attached hydrogens (tertiary/aromatic N) is 1. The van der Waals surface area contributed by atoms with Gasteiger partial charge in [-0.25, -0.2) is 4.39 Å². The lowest BCUT2D eigenvalue weighted by Gasteiger charge is -2.33. The molecule has 0 bridgehead atoms. The summed E-state index contributed by atoms with van der Waals surface area (Å²) in [6.07, 6.45) is 1.97. The summed E-state index contributed by atoms with van der Waals surface area (Å²) in [5.41, 5.74) is 1.46. The maximum absolute atomic E-state index is 13.1. The van der Waals surface area contributed by atoms with Crippen molar-refractivity contribution in [3.05, 3.63) is 63.9 Å². The minimum atomic E-state index is -0.362. The highest BCUT2D eigenvalue weighted by Crippen LogP contribution is 2.34. The number of hydrogen-bond acceptors (Lipinski definition) is 3. The fourth-order valence-corrected chi connectivity index (χ4v) is 4.30. The number of amides is 2. The Morgan fingerprint density at radius 3 is 2.52 bits per heavy atom. The van der Waals surface area contributed by atoms with Crippen molar-refractivity contribution in [2.45, 2.75) is 25.3 Å². The number of likely N-dealkylation sites (tertiary alicyclic amines) is 1. The summed E-state index contributed by atoms with van der Waals surface area (Å²) in [6, 6.07) is 11.3. The molecule has 29 heavy (non-hydrogen) atoms. The molecule has 152 valence electrons. The zero-order valence-corrected chi connectivity index (χ0v) is 17.5. The predicted molar refractivity (Wildman–Crippen MR) is 110 cm³/mol. The minimum Gasteiger partial charge on any atom is -0.493 e. The smallest absolute Gasteiger partial charge is 0.253 e. The van der Waals surface area contributed by atoms with Crippen LogP contribution < -0.4 is 10.1 Å². The van der Waals surface area contributed by atoms with E-state index in [4.69, 9.17) is 4.74 Å². The molecular weight excluding hydrogens is 439 g/mol. The van der Waals surface area contributed by atoms with E-state index < -0.39 is 0 Å². The molecule has 1 N–H and O–H groups in total. The van der Waals surface area contributed by atoms with E-state index in [2.05, 4.69) is 21.2 Å². The topological polar surface area (TPSA) is 58.6 Å². The monoisotopic (exact) mass is 460 g/mol.